The third kappa shape index (κ3) is 3.13. The van der Waals surface area contributed by atoms with Gasteiger partial charge in [-0.05, 0) is 29.8 Å². The van der Waals surface area contributed by atoms with E-state index in [-0.39, 0.29) is 12.3 Å². The number of ether oxygens (including phenoxy) is 1. The van der Waals surface area contributed by atoms with E-state index < -0.39 is 5.97 Å². The highest BCUT2D eigenvalue weighted by Gasteiger charge is 2.25. The molecule has 0 aliphatic heterocycles. The molecule has 4 nitrogen and oxygen atoms in total. The topological polar surface area (TPSA) is 52.4 Å². The zero-order valence-electron chi connectivity index (χ0n) is 13.3. The molecular formula is C20H17NO3. The van der Waals surface area contributed by atoms with Crippen LogP contribution in [0.5, 0.6) is 0 Å². The fraction of sp³-hybridized carbons (Fsp3) is 0.100. The van der Waals surface area contributed by atoms with E-state index in [4.69, 9.17) is 4.74 Å². The smallest absolute Gasteiger partial charge is 0.405 e. The largest absolute Gasteiger partial charge is 0.618 e. The van der Waals surface area contributed by atoms with Crippen LogP contribution in [-0.4, -0.2) is 23.0 Å². The third-order valence-electron chi connectivity index (χ3n) is 3.69. The Morgan fingerprint density at radius 2 is 1.62 bits per heavy atom. The van der Waals surface area contributed by atoms with Crippen molar-refractivity contribution in [3.05, 3.63) is 83.6 Å². The fourth-order valence-electron chi connectivity index (χ4n) is 2.55. The normalized spacial score (nSPS) is 11.9. The van der Waals surface area contributed by atoms with Crippen molar-refractivity contribution in [1.29, 1.82) is 0 Å². The molecular weight excluding hydrogens is 302 g/mol. The summed E-state index contributed by atoms with van der Waals surface area (Å²) in [6.45, 7) is 1.92. The first-order chi connectivity index (χ1) is 11.7. The second-order valence-electron chi connectivity index (χ2n) is 5.26. The van der Waals surface area contributed by atoms with Crippen molar-refractivity contribution >= 4 is 28.1 Å². The van der Waals surface area contributed by atoms with Gasteiger partial charge < -0.3 is 9.94 Å². The van der Waals surface area contributed by atoms with Gasteiger partial charge in [-0.15, -0.1) is 0 Å². The molecule has 0 atom stereocenters. The highest BCUT2D eigenvalue weighted by Crippen LogP contribution is 2.19. The van der Waals surface area contributed by atoms with Gasteiger partial charge in [-0.3, -0.25) is 0 Å². The lowest BCUT2D eigenvalue weighted by Gasteiger charge is -2.10. The van der Waals surface area contributed by atoms with Crippen LogP contribution >= 0.6 is 0 Å². The van der Waals surface area contributed by atoms with Gasteiger partial charge in [0.05, 0.1) is 12.2 Å². The number of para-hydroxylation sites is 1. The van der Waals surface area contributed by atoms with Crippen LogP contribution in [0.2, 0.25) is 0 Å². The maximum atomic E-state index is 12.8. The highest BCUT2D eigenvalue weighted by atomic mass is 16.5. The summed E-state index contributed by atoms with van der Waals surface area (Å²) in [6.07, 6.45) is 0. The van der Waals surface area contributed by atoms with Gasteiger partial charge in [0.1, 0.15) is 0 Å². The molecule has 24 heavy (non-hydrogen) atoms. The van der Waals surface area contributed by atoms with Crippen LogP contribution in [0.25, 0.3) is 10.8 Å². The predicted octanol–water partition coefficient (Wildman–Crippen LogP) is 4.03. The van der Waals surface area contributed by atoms with E-state index in [1.165, 1.54) is 0 Å². The Hall–Kier alpha value is -3.14. The lowest BCUT2D eigenvalue weighted by molar-refractivity contribution is -0.360. The van der Waals surface area contributed by atoms with Crippen molar-refractivity contribution in [2.75, 3.05) is 6.61 Å². The van der Waals surface area contributed by atoms with Crippen molar-refractivity contribution in [3.63, 3.8) is 0 Å². The molecule has 0 radical (unpaired) electrons. The number of nitrogens with zero attached hydrogens (tertiary/aromatic N) is 1. The monoisotopic (exact) mass is 319 g/mol. The van der Waals surface area contributed by atoms with Gasteiger partial charge in [-0.1, -0.05) is 48.5 Å². The summed E-state index contributed by atoms with van der Waals surface area (Å²) in [5.74, 6) is -0.633. The van der Waals surface area contributed by atoms with Crippen LogP contribution in [-0.2, 0) is 9.53 Å². The lowest BCUT2D eigenvalue weighted by atomic mass is 10.0. The first kappa shape index (κ1) is 15.7. The van der Waals surface area contributed by atoms with Crippen molar-refractivity contribution in [2.45, 2.75) is 6.92 Å². The quantitative estimate of drug-likeness (QED) is 0.240. The van der Waals surface area contributed by atoms with Gasteiger partial charge in [-0.2, -0.15) is 4.74 Å². The molecule has 0 saturated heterocycles. The van der Waals surface area contributed by atoms with Crippen LogP contribution in [0, 0.1) is 5.21 Å². The van der Waals surface area contributed by atoms with E-state index in [1.54, 1.807) is 37.3 Å². The number of hydrogen-bond acceptors (Lipinski definition) is 3. The molecule has 3 aromatic rings. The van der Waals surface area contributed by atoms with Crippen LogP contribution < -0.4 is 0 Å². The predicted molar refractivity (Wildman–Crippen MR) is 94.4 cm³/mol. The van der Waals surface area contributed by atoms with Crippen molar-refractivity contribution in [2.24, 2.45) is 0 Å². The molecule has 4 heteroatoms. The molecule has 0 aliphatic carbocycles. The van der Waals surface area contributed by atoms with Gasteiger partial charge in [-0.25, -0.2) is 4.79 Å². The molecule has 0 aliphatic rings. The SMILES string of the molecule is CCOC(=O)/C(c1ccc2ccccc2c1)=[N+](/[O-])c1ccccc1. The van der Waals surface area contributed by atoms with Gasteiger partial charge in [0.15, 0.2) is 0 Å². The van der Waals surface area contributed by atoms with Gasteiger partial charge >= 0.3 is 11.7 Å². The first-order valence-electron chi connectivity index (χ1n) is 7.76. The molecule has 0 N–H and O–H groups in total. The van der Waals surface area contributed by atoms with E-state index in [1.807, 2.05) is 42.5 Å². The first-order valence-corrected chi connectivity index (χ1v) is 7.76. The summed E-state index contributed by atoms with van der Waals surface area (Å²) < 4.78 is 5.72. The average Bonchev–Trinajstić information content (AvgIpc) is 2.63. The number of hydrogen-bond donors (Lipinski definition) is 0. The van der Waals surface area contributed by atoms with Crippen LogP contribution in [0.15, 0.2) is 72.8 Å². The van der Waals surface area contributed by atoms with E-state index >= 15 is 0 Å². The zero-order valence-corrected chi connectivity index (χ0v) is 13.3. The molecule has 0 unspecified atom stereocenters. The van der Waals surface area contributed by atoms with Crippen LogP contribution in [0.3, 0.4) is 0 Å². The Bertz CT molecular complexity index is 901. The van der Waals surface area contributed by atoms with Crippen LogP contribution in [0.1, 0.15) is 12.5 Å². The Kier molecular flexibility index (Phi) is 4.57. The minimum absolute atomic E-state index is 0.0196. The maximum Gasteiger partial charge on any atom is 0.405 e. The summed E-state index contributed by atoms with van der Waals surface area (Å²) in [5.41, 5.74) is 0.897. The molecule has 120 valence electrons. The average molecular weight is 319 g/mol. The minimum Gasteiger partial charge on any atom is -0.618 e. The standard InChI is InChI=1S/C20H17NO3/c1-2-24-20(22)19(21(23)18-10-4-3-5-11-18)17-13-12-15-8-6-7-9-16(15)14-17/h3-14H,2H2,1H3/b21-19+. The Morgan fingerprint density at radius 1 is 0.958 bits per heavy atom. The Morgan fingerprint density at radius 3 is 2.33 bits per heavy atom. The zero-order chi connectivity index (χ0) is 16.9. The number of fused-ring (bicyclic) bond motifs is 1. The molecule has 0 fully saturated rings. The molecule has 3 aromatic carbocycles. The van der Waals surface area contributed by atoms with Crippen molar-refractivity contribution in [1.82, 2.24) is 0 Å². The Labute approximate surface area is 140 Å². The highest BCUT2D eigenvalue weighted by molar-refractivity contribution is 6.41. The molecule has 0 spiro atoms. The number of carbonyl (C=O) groups excluding carboxylic acids is 1. The van der Waals surface area contributed by atoms with Gasteiger partial charge in [0.2, 0.25) is 5.69 Å². The Balaban J connectivity index is 2.18. The van der Waals surface area contributed by atoms with Crippen molar-refractivity contribution in [3.8, 4) is 0 Å². The molecule has 0 aromatic heterocycles. The summed E-state index contributed by atoms with van der Waals surface area (Å²) in [4.78, 5) is 12.4. The minimum atomic E-state index is -0.633. The summed E-state index contributed by atoms with van der Waals surface area (Å²) >= 11 is 0. The number of esters is 1. The van der Waals surface area contributed by atoms with E-state index in [0.29, 0.717) is 16.0 Å². The third-order valence-corrected chi connectivity index (χ3v) is 3.69. The molecule has 0 bridgehead atoms. The van der Waals surface area contributed by atoms with E-state index in [0.717, 1.165) is 10.8 Å². The number of rotatable bonds is 4. The van der Waals surface area contributed by atoms with E-state index in [2.05, 4.69) is 0 Å². The van der Waals surface area contributed by atoms with E-state index in [9.17, 15) is 10.0 Å². The lowest BCUT2D eigenvalue weighted by Crippen LogP contribution is -2.26. The van der Waals surface area contributed by atoms with Crippen molar-refractivity contribution < 1.29 is 14.3 Å². The molecule has 0 heterocycles. The second-order valence-corrected chi connectivity index (χ2v) is 5.26. The van der Waals surface area contributed by atoms with Gasteiger partial charge in [0, 0.05) is 12.1 Å². The molecule has 0 amide bonds. The fourth-order valence-corrected chi connectivity index (χ4v) is 2.55. The van der Waals surface area contributed by atoms with Crippen LogP contribution in [0.4, 0.5) is 5.69 Å². The number of benzene rings is 3. The summed E-state index contributed by atoms with van der Waals surface area (Å²) in [6, 6.07) is 21.9. The van der Waals surface area contributed by atoms with Gasteiger partial charge in [0.25, 0.3) is 0 Å². The molecule has 3 rings (SSSR count). The second kappa shape index (κ2) is 6.96. The maximum absolute atomic E-state index is 12.8. The molecule has 0 saturated carbocycles. The summed E-state index contributed by atoms with van der Waals surface area (Å²) in [7, 11) is 0. The number of carbonyl (C=O) groups is 1. The summed E-state index contributed by atoms with van der Waals surface area (Å²) in [5, 5.41) is 14.8.